The lowest BCUT2D eigenvalue weighted by molar-refractivity contribution is 0.282. The van der Waals surface area contributed by atoms with Crippen LogP contribution < -0.4 is 5.32 Å². The molecule has 0 saturated heterocycles. The topological polar surface area (TPSA) is 45.2 Å². The van der Waals surface area contributed by atoms with Crippen LogP contribution in [0.5, 0.6) is 0 Å². The maximum atomic E-state index is 9.24. The van der Waals surface area contributed by atoms with Crippen molar-refractivity contribution in [2.75, 3.05) is 5.32 Å². The van der Waals surface area contributed by atoms with Crippen LogP contribution in [-0.4, -0.2) is 10.1 Å². The number of aromatic nitrogens is 1. The molecule has 3 nitrogen and oxygen atoms in total. The zero-order valence-electron chi connectivity index (χ0n) is 11.3. The van der Waals surface area contributed by atoms with Crippen LogP contribution in [0, 0.1) is 6.92 Å². The predicted molar refractivity (Wildman–Crippen MR) is 83.5 cm³/mol. The van der Waals surface area contributed by atoms with Crippen LogP contribution >= 0.6 is 22.9 Å². The van der Waals surface area contributed by atoms with Crippen molar-refractivity contribution in [2.24, 2.45) is 0 Å². The highest BCUT2D eigenvalue weighted by Crippen LogP contribution is 2.37. The first kappa shape index (κ1) is 13.9. The Morgan fingerprint density at radius 1 is 1.50 bits per heavy atom. The highest BCUT2D eigenvalue weighted by atomic mass is 35.5. The molecule has 2 N–H and O–H groups in total. The summed E-state index contributed by atoms with van der Waals surface area (Å²) in [5.41, 5.74) is 2.99. The smallest absolute Gasteiger partial charge is 0.0900 e. The lowest BCUT2D eigenvalue weighted by atomic mass is 9.97. The SMILES string of the molecule is Cc1nc2c(s1)C(Nc1cc(CO)ccc1Cl)CCC2. The van der Waals surface area contributed by atoms with E-state index in [-0.39, 0.29) is 12.6 Å². The third kappa shape index (κ3) is 2.68. The van der Waals surface area contributed by atoms with Gasteiger partial charge in [-0.15, -0.1) is 11.3 Å². The molecule has 0 saturated carbocycles. The number of benzene rings is 1. The molecule has 1 unspecified atom stereocenters. The highest BCUT2D eigenvalue weighted by molar-refractivity contribution is 7.11. The van der Waals surface area contributed by atoms with E-state index in [0.717, 1.165) is 35.5 Å². The van der Waals surface area contributed by atoms with E-state index in [1.165, 1.54) is 10.6 Å². The summed E-state index contributed by atoms with van der Waals surface area (Å²) in [6.07, 6.45) is 3.31. The largest absolute Gasteiger partial charge is 0.392 e. The Bertz CT molecular complexity index is 626. The van der Waals surface area contributed by atoms with Crippen molar-refractivity contribution >= 4 is 28.6 Å². The van der Waals surface area contributed by atoms with Crippen LogP contribution in [0.25, 0.3) is 0 Å². The van der Waals surface area contributed by atoms with Gasteiger partial charge in [0.25, 0.3) is 0 Å². The minimum Gasteiger partial charge on any atom is -0.392 e. The summed E-state index contributed by atoms with van der Waals surface area (Å²) >= 11 is 8.02. The molecule has 3 rings (SSSR count). The van der Waals surface area contributed by atoms with Gasteiger partial charge >= 0.3 is 0 Å². The summed E-state index contributed by atoms with van der Waals surface area (Å²) in [6.45, 7) is 2.08. The van der Waals surface area contributed by atoms with Gasteiger partial charge in [0, 0.05) is 0 Å². The molecule has 0 fully saturated rings. The predicted octanol–water partition coefficient (Wildman–Crippen LogP) is 4.09. The number of hydrogen-bond acceptors (Lipinski definition) is 4. The number of nitrogens with one attached hydrogen (secondary N) is 1. The average molecular weight is 309 g/mol. The van der Waals surface area contributed by atoms with Gasteiger partial charge in [-0.3, -0.25) is 0 Å². The average Bonchev–Trinajstić information content (AvgIpc) is 2.82. The molecule has 0 aliphatic heterocycles. The summed E-state index contributed by atoms with van der Waals surface area (Å²) in [5.74, 6) is 0. The molecule has 0 bridgehead atoms. The van der Waals surface area contributed by atoms with E-state index in [9.17, 15) is 5.11 Å². The van der Waals surface area contributed by atoms with Gasteiger partial charge in [-0.25, -0.2) is 4.98 Å². The standard InChI is InChI=1S/C15H17ClN2OS/c1-9-17-12-3-2-4-13(15(12)20-9)18-14-7-10(8-19)5-6-11(14)16/h5-7,13,18-19H,2-4,8H2,1H3. The van der Waals surface area contributed by atoms with Crippen LogP contribution in [0.15, 0.2) is 18.2 Å². The zero-order valence-corrected chi connectivity index (χ0v) is 12.9. The number of aliphatic hydroxyl groups is 1. The number of anilines is 1. The number of hydrogen-bond donors (Lipinski definition) is 2. The number of aryl methyl sites for hydroxylation is 2. The van der Waals surface area contributed by atoms with Crippen LogP contribution in [0.1, 0.15) is 40.0 Å². The molecular weight excluding hydrogens is 292 g/mol. The molecule has 1 atom stereocenters. The maximum Gasteiger partial charge on any atom is 0.0900 e. The van der Waals surface area contributed by atoms with E-state index in [4.69, 9.17) is 11.6 Å². The first-order valence-corrected chi connectivity index (χ1v) is 7.99. The monoisotopic (exact) mass is 308 g/mol. The number of aliphatic hydroxyl groups excluding tert-OH is 1. The van der Waals surface area contributed by atoms with Crippen molar-refractivity contribution in [1.82, 2.24) is 4.98 Å². The molecule has 1 aliphatic rings. The Morgan fingerprint density at radius 2 is 2.35 bits per heavy atom. The second kappa shape index (κ2) is 5.72. The molecule has 1 aliphatic carbocycles. The zero-order chi connectivity index (χ0) is 14.1. The Hall–Kier alpha value is -1.10. The van der Waals surface area contributed by atoms with E-state index in [1.54, 1.807) is 11.3 Å². The van der Waals surface area contributed by atoms with Gasteiger partial charge in [-0.2, -0.15) is 0 Å². The molecular formula is C15H17ClN2OS. The van der Waals surface area contributed by atoms with Gasteiger partial charge in [0.15, 0.2) is 0 Å². The fraction of sp³-hybridized carbons (Fsp3) is 0.400. The first-order chi connectivity index (χ1) is 9.67. The Balaban J connectivity index is 1.88. The molecule has 1 aromatic carbocycles. The van der Waals surface area contributed by atoms with Crippen LogP contribution in [0.3, 0.4) is 0 Å². The van der Waals surface area contributed by atoms with Crippen molar-refractivity contribution in [2.45, 2.75) is 38.8 Å². The lowest BCUT2D eigenvalue weighted by Gasteiger charge is -2.24. The maximum absolute atomic E-state index is 9.24. The minimum atomic E-state index is 0.0292. The number of rotatable bonds is 3. The second-order valence-corrected chi connectivity index (χ2v) is 6.75. The van der Waals surface area contributed by atoms with Crippen LogP contribution in [-0.2, 0) is 13.0 Å². The minimum absolute atomic E-state index is 0.0292. The Kier molecular flexibility index (Phi) is 3.96. The van der Waals surface area contributed by atoms with E-state index >= 15 is 0 Å². The van der Waals surface area contributed by atoms with Crippen molar-refractivity contribution in [3.63, 3.8) is 0 Å². The van der Waals surface area contributed by atoms with Gasteiger partial charge in [0.1, 0.15) is 0 Å². The second-order valence-electron chi connectivity index (χ2n) is 5.11. The van der Waals surface area contributed by atoms with Gasteiger partial charge in [0.05, 0.1) is 38.9 Å². The molecule has 0 amide bonds. The van der Waals surface area contributed by atoms with Crippen molar-refractivity contribution < 1.29 is 5.11 Å². The van der Waals surface area contributed by atoms with Crippen LogP contribution in [0.2, 0.25) is 5.02 Å². The Morgan fingerprint density at radius 3 is 3.15 bits per heavy atom. The molecule has 2 aromatic rings. The first-order valence-electron chi connectivity index (χ1n) is 6.79. The van der Waals surface area contributed by atoms with Crippen molar-refractivity contribution in [3.8, 4) is 0 Å². The number of halogens is 1. The molecule has 20 heavy (non-hydrogen) atoms. The normalized spacial score (nSPS) is 17.9. The molecule has 0 radical (unpaired) electrons. The van der Waals surface area contributed by atoms with Gasteiger partial charge in [0.2, 0.25) is 0 Å². The summed E-state index contributed by atoms with van der Waals surface area (Å²) in [6, 6.07) is 5.87. The lowest BCUT2D eigenvalue weighted by Crippen LogP contribution is -2.16. The number of fused-ring (bicyclic) bond motifs is 1. The fourth-order valence-electron chi connectivity index (χ4n) is 2.65. The molecule has 0 spiro atoms. The summed E-state index contributed by atoms with van der Waals surface area (Å²) in [5, 5.41) is 14.6. The quantitative estimate of drug-likeness (QED) is 0.898. The van der Waals surface area contributed by atoms with E-state index in [0.29, 0.717) is 5.02 Å². The van der Waals surface area contributed by atoms with E-state index < -0.39 is 0 Å². The van der Waals surface area contributed by atoms with Crippen LogP contribution in [0.4, 0.5) is 5.69 Å². The number of nitrogens with zero attached hydrogens (tertiary/aromatic N) is 1. The molecule has 106 valence electrons. The van der Waals surface area contributed by atoms with Gasteiger partial charge < -0.3 is 10.4 Å². The number of thiazole rings is 1. The van der Waals surface area contributed by atoms with Gasteiger partial charge in [-0.1, -0.05) is 17.7 Å². The van der Waals surface area contributed by atoms with E-state index in [1.807, 2.05) is 18.2 Å². The van der Waals surface area contributed by atoms with Gasteiger partial charge in [-0.05, 0) is 43.9 Å². The summed E-state index contributed by atoms with van der Waals surface area (Å²) < 4.78 is 0. The fourth-order valence-corrected chi connectivity index (χ4v) is 3.88. The van der Waals surface area contributed by atoms with Crippen molar-refractivity contribution in [1.29, 1.82) is 0 Å². The molecule has 1 aromatic heterocycles. The third-order valence-corrected chi connectivity index (χ3v) is 5.06. The third-order valence-electron chi connectivity index (χ3n) is 3.60. The Labute approximate surface area is 127 Å². The summed E-state index contributed by atoms with van der Waals surface area (Å²) in [7, 11) is 0. The molecule has 1 heterocycles. The summed E-state index contributed by atoms with van der Waals surface area (Å²) in [4.78, 5) is 5.94. The van der Waals surface area contributed by atoms with Crippen molar-refractivity contribution in [3.05, 3.63) is 44.4 Å². The van der Waals surface area contributed by atoms with E-state index in [2.05, 4.69) is 17.2 Å². The molecule has 5 heteroatoms. The highest BCUT2D eigenvalue weighted by Gasteiger charge is 2.24.